The molecule has 0 aliphatic heterocycles. The van der Waals surface area contributed by atoms with Crippen LogP contribution >= 0.6 is 7.82 Å². The predicted octanol–water partition coefficient (Wildman–Crippen LogP) is 10.2. The van der Waals surface area contributed by atoms with E-state index in [9.17, 15) is 19.3 Å². The van der Waals surface area contributed by atoms with E-state index < -0.39 is 13.9 Å². The zero-order chi connectivity index (χ0) is 38.5. The summed E-state index contributed by atoms with van der Waals surface area (Å²) >= 11 is 0. The molecule has 0 aromatic carbocycles. The Labute approximate surface area is 314 Å². The molecule has 0 saturated carbocycles. The summed E-state index contributed by atoms with van der Waals surface area (Å²) in [4.78, 5) is 40.7. The number of phosphoric ester groups is 1. The van der Waals surface area contributed by atoms with Crippen molar-refractivity contribution in [2.75, 3.05) is 47.5 Å². The average Bonchev–Trinajstić information content (AvgIpc) is 3.06. The van der Waals surface area contributed by atoms with Gasteiger partial charge in [0.2, 0.25) is 0 Å². The Morgan fingerprint density at radius 1 is 0.569 bits per heavy atom. The van der Waals surface area contributed by atoms with Crippen LogP contribution in [-0.2, 0) is 28.2 Å². The van der Waals surface area contributed by atoms with E-state index in [1.165, 1.54) is 135 Å². The number of aliphatic hydroxyl groups excluding tert-OH is 1. The maximum absolute atomic E-state index is 12.1. The summed E-state index contributed by atoms with van der Waals surface area (Å²) in [6, 6.07) is 0. The van der Waals surface area contributed by atoms with Gasteiger partial charge in [0.1, 0.15) is 19.8 Å². The molecule has 0 spiro atoms. The monoisotopic (exact) mass is 753 g/mol. The first-order chi connectivity index (χ1) is 24.3. The average molecular weight is 753 g/mol. The molecule has 3 N–H and O–H groups in total. The van der Waals surface area contributed by atoms with E-state index in [1.54, 1.807) is 0 Å². The summed E-state index contributed by atoms with van der Waals surface area (Å²) in [5.41, 5.74) is 0. The van der Waals surface area contributed by atoms with E-state index in [-0.39, 0.29) is 31.8 Å². The molecule has 11 heteroatoms. The van der Waals surface area contributed by atoms with E-state index in [0.29, 0.717) is 23.9 Å². The smallest absolute Gasteiger partial charge is 0.462 e. The zero-order valence-corrected chi connectivity index (χ0v) is 34.8. The Morgan fingerprint density at radius 3 is 1.22 bits per heavy atom. The number of unbranched alkanes of at least 4 members (excludes halogenated alkanes) is 24. The number of quaternary nitrogens is 1. The summed E-state index contributed by atoms with van der Waals surface area (Å²) in [5.74, 6) is -0.581. The molecule has 0 aliphatic rings. The van der Waals surface area contributed by atoms with Crippen LogP contribution < -0.4 is 0 Å². The molecule has 1 atom stereocenters. The highest BCUT2D eigenvalue weighted by molar-refractivity contribution is 7.46. The number of aliphatic hydroxyl groups is 1. The van der Waals surface area contributed by atoms with E-state index in [0.717, 1.165) is 32.1 Å². The third-order valence-electron chi connectivity index (χ3n) is 8.92. The van der Waals surface area contributed by atoms with E-state index in [4.69, 9.17) is 19.3 Å². The molecule has 306 valence electrons. The molecule has 0 aromatic rings. The standard InChI is InChI=1S/C35H68O5.C5H14NO4P/c1-3-5-7-9-11-13-15-16-17-18-20-21-23-25-27-29-34(37)39-32-33(31-36)40-35(38)30-28-26-24-22-19-14-12-10-8-6-4-2;1-6(2,3)4-5-10-11(7,8)9/h33,36H,3-32H2,1-2H3;4-5H2,1-3H3,(H-,7,8,9)/p+1/t33-;/m0./s1. The fraction of sp³-hybridized carbons (Fsp3) is 0.950. The van der Waals surface area contributed by atoms with E-state index in [2.05, 4.69) is 18.4 Å². The lowest BCUT2D eigenvalue weighted by Gasteiger charge is -2.23. The molecule has 0 radical (unpaired) electrons. The number of hydrogen-bond acceptors (Lipinski definition) is 7. The lowest BCUT2D eigenvalue weighted by molar-refractivity contribution is -0.870. The molecular weight excluding hydrogens is 669 g/mol. The third kappa shape index (κ3) is 46.9. The van der Waals surface area contributed by atoms with Crippen molar-refractivity contribution in [3.63, 3.8) is 0 Å². The first-order valence-corrected chi connectivity index (χ1v) is 22.3. The summed E-state index contributed by atoms with van der Waals surface area (Å²) in [7, 11) is 1.50. The van der Waals surface area contributed by atoms with Crippen LogP contribution in [0.3, 0.4) is 0 Å². The van der Waals surface area contributed by atoms with Crippen LogP contribution in [0.25, 0.3) is 0 Å². The molecule has 0 aromatic heterocycles. The largest absolute Gasteiger partial charge is 0.469 e. The van der Waals surface area contributed by atoms with Gasteiger partial charge in [-0.2, -0.15) is 0 Å². The molecule has 0 aliphatic carbocycles. The molecule has 0 heterocycles. The summed E-state index contributed by atoms with van der Waals surface area (Å²) in [6.45, 7) is 4.79. The minimum atomic E-state index is -4.26. The summed E-state index contributed by atoms with van der Waals surface area (Å²) < 4.78 is 25.6. The molecule has 0 unspecified atom stereocenters. The van der Waals surface area contributed by atoms with Crippen molar-refractivity contribution in [1.82, 2.24) is 0 Å². The number of likely N-dealkylation sites (N-methyl/N-ethyl adjacent to an activating group) is 1. The van der Waals surface area contributed by atoms with Gasteiger partial charge in [-0.1, -0.05) is 168 Å². The van der Waals surface area contributed by atoms with Crippen LogP contribution in [-0.4, -0.2) is 84.9 Å². The van der Waals surface area contributed by atoms with Crippen molar-refractivity contribution in [2.24, 2.45) is 0 Å². The van der Waals surface area contributed by atoms with E-state index >= 15 is 0 Å². The van der Waals surface area contributed by atoms with Gasteiger partial charge in [0.25, 0.3) is 0 Å². The summed E-state index contributed by atoms with van der Waals surface area (Å²) in [6.07, 6.45) is 33.0. The van der Waals surface area contributed by atoms with Gasteiger partial charge in [0.15, 0.2) is 6.10 Å². The van der Waals surface area contributed by atoms with Crippen molar-refractivity contribution < 1.29 is 47.5 Å². The second-order valence-corrected chi connectivity index (χ2v) is 16.5. The topological polar surface area (TPSA) is 140 Å². The van der Waals surface area contributed by atoms with Gasteiger partial charge in [-0.15, -0.1) is 0 Å². The van der Waals surface area contributed by atoms with Crippen LogP contribution in [0.1, 0.15) is 194 Å². The maximum Gasteiger partial charge on any atom is 0.469 e. The van der Waals surface area contributed by atoms with Crippen LogP contribution in [0.5, 0.6) is 0 Å². The number of esters is 2. The molecule has 0 saturated heterocycles. The van der Waals surface area contributed by atoms with Gasteiger partial charge in [-0.3, -0.25) is 14.1 Å². The van der Waals surface area contributed by atoms with Crippen molar-refractivity contribution in [2.45, 2.75) is 200 Å². The van der Waals surface area contributed by atoms with Gasteiger partial charge in [0.05, 0.1) is 27.7 Å². The van der Waals surface area contributed by atoms with Crippen LogP contribution in [0.15, 0.2) is 0 Å². The Morgan fingerprint density at radius 2 is 0.902 bits per heavy atom. The molecule has 0 rings (SSSR count). The number of carbonyl (C=O) groups excluding carboxylic acids is 2. The molecule has 51 heavy (non-hydrogen) atoms. The summed E-state index contributed by atoms with van der Waals surface area (Å²) in [5, 5.41) is 9.50. The second kappa shape index (κ2) is 37.3. The third-order valence-corrected chi connectivity index (χ3v) is 9.44. The number of ether oxygens (including phenoxy) is 2. The van der Waals surface area contributed by atoms with Gasteiger partial charge < -0.3 is 28.9 Å². The molecule has 0 fully saturated rings. The van der Waals surface area contributed by atoms with Gasteiger partial charge in [0, 0.05) is 12.8 Å². The normalized spacial score (nSPS) is 12.3. The SMILES string of the molecule is CCCCCCCCCCCCCCCCCC(=O)OC[C@H](CO)OC(=O)CCCCCCCCCCCCC.C[N+](C)(C)CCOP(=O)(O)O. The number of rotatable bonds is 36. The highest BCUT2D eigenvalue weighted by Gasteiger charge is 2.17. The van der Waals surface area contributed by atoms with Gasteiger partial charge in [-0.25, -0.2) is 4.57 Å². The minimum Gasteiger partial charge on any atom is -0.462 e. The van der Waals surface area contributed by atoms with Crippen molar-refractivity contribution in [1.29, 1.82) is 0 Å². The number of nitrogens with zero attached hydrogens (tertiary/aromatic N) is 1. The highest BCUT2D eigenvalue weighted by atomic mass is 31.2. The minimum absolute atomic E-state index is 0.0575. The van der Waals surface area contributed by atoms with Crippen LogP contribution in [0, 0.1) is 0 Å². The lowest BCUT2D eigenvalue weighted by Crippen LogP contribution is -2.37. The fourth-order valence-corrected chi connectivity index (χ4v) is 5.95. The fourth-order valence-electron chi connectivity index (χ4n) is 5.63. The van der Waals surface area contributed by atoms with Crippen LogP contribution in [0.4, 0.5) is 0 Å². The number of carbonyl (C=O) groups is 2. The Kier molecular flexibility index (Phi) is 38.1. The highest BCUT2D eigenvalue weighted by Crippen LogP contribution is 2.35. The predicted molar refractivity (Wildman–Crippen MR) is 209 cm³/mol. The Balaban J connectivity index is 0. The zero-order valence-electron chi connectivity index (χ0n) is 33.9. The number of phosphoric acid groups is 1. The molecular formula is C40H83NO9P+. The van der Waals surface area contributed by atoms with Crippen molar-refractivity contribution in [3.8, 4) is 0 Å². The lowest BCUT2D eigenvalue weighted by atomic mass is 10.0. The van der Waals surface area contributed by atoms with Gasteiger partial charge >= 0.3 is 19.8 Å². The first kappa shape index (κ1) is 52.1. The van der Waals surface area contributed by atoms with Gasteiger partial charge in [-0.05, 0) is 12.8 Å². The first-order valence-electron chi connectivity index (χ1n) is 20.8. The quantitative estimate of drug-likeness (QED) is 0.0247. The van der Waals surface area contributed by atoms with Crippen LogP contribution in [0.2, 0.25) is 0 Å². The van der Waals surface area contributed by atoms with Crippen molar-refractivity contribution >= 4 is 19.8 Å². The Bertz CT molecular complexity index is 816. The Hall–Kier alpha value is -1.03. The second-order valence-electron chi connectivity index (χ2n) is 15.3. The molecule has 10 nitrogen and oxygen atoms in total. The molecule has 0 amide bonds. The van der Waals surface area contributed by atoms with E-state index in [1.807, 2.05) is 21.1 Å². The maximum atomic E-state index is 12.1. The van der Waals surface area contributed by atoms with Crippen molar-refractivity contribution in [3.05, 3.63) is 0 Å². The molecule has 0 bridgehead atoms. The number of hydrogen-bond donors (Lipinski definition) is 3.